The average Bonchev–Trinajstić information content (AvgIpc) is 1.46. The van der Waals surface area contributed by atoms with Crippen LogP contribution in [0.4, 0.5) is 0 Å². The molecular formula is C3H8MgO. The van der Waals surface area contributed by atoms with E-state index in [1.54, 1.807) is 0 Å². The van der Waals surface area contributed by atoms with Gasteiger partial charge >= 0.3 is 33.2 Å². The molecule has 0 aromatic rings. The summed E-state index contributed by atoms with van der Waals surface area (Å²) in [6, 6.07) is 0. The maximum atomic E-state index is 8.25. The zero-order valence-corrected chi connectivity index (χ0v) is 5.24. The van der Waals surface area contributed by atoms with E-state index in [0.29, 0.717) is 0 Å². The van der Waals surface area contributed by atoms with E-state index in [9.17, 15) is 0 Å². The van der Waals surface area contributed by atoms with Crippen molar-refractivity contribution in [1.82, 2.24) is 0 Å². The summed E-state index contributed by atoms with van der Waals surface area (Å²) in [6.07, 6.45) is 0. The molecule has 0 saturated carbocycles. The molecule has 0 bridgehead atoms. The topological polar surface area (TPSA) is 23.1 Å². The second-order valence-corrected chi connectivity index (χ2v) is 1.50. The van der Waals surface area contributed by atoms with Gasteiger partial charge in [-0.2, -0.15) is 7.11 Å². The van der Waals surface area contributed by atoms with Crippen molar-refractivity contribution >= 4 is 21.7 Å². The van der Waals surface area contributed by atoms with Gasteiger partial charge in [0.05, 0.1) is 0 Å². The summed E-state index contributed by atoms with van der Waals surface area (Å²) in [6.45, 7) is 2.14. The summed E-state index contributed by atoms with van der Waals surface area (Å²) in [5.74, 6) is 0. The summed E-state index contributed by atoms with van der Waals surface area (Å²) >= 11 is 1.97. The van der Waals surface area contributed by atoms with Crippen molar-refractivity contribution in [3.05, 3.63) is 0 Å². The Balaban J connectivity index is 0. The molecule has 0 aliphatic heterocycles. The smallest absolute Gasteiger partial charge is 0.153 e. The SMILES string of the molecule is C[CH2][Mg+].C[O-]. The number of hydrogen-bond donors (Lipinski definition) is 0. The molecule has 0 aliphatic carbocycles. The van der Waals surface area contributed by atoms with E-state index in [4.69, 9.17) is 5.11 Å². The van der Waals surface area contributed by atoms with E-state index in [2.05, 4.69) is 6.92 Å². The van der Waals surface area contributed by atoms with Crippen LogP contribution in [-0.2, 0) is 0 Å². The molecule has 0 fully saturated rings. The first-order valence-corrected chi connectivity index (χ1v) is 2.62. The fraction of sp³-hybridized carbons (Fsp3) is 1.00. The first-order valence-electron chi connectivity index (χ1n) is 1.62. The molecule has 0 aromatic carbocycles. The van der Waals surface area contributed by atoms with Crippen molar-refractivity contribution in [2.75, 3.05) is 7.11 Å². The standard InChI is InChI=1S/C2H5.CH3O.Mg/c2*1-2;/h1H2,2H3;1H3;/q;-1;+1. The molecule has 28 valence electrons. The van der Waals surface area contributed by atoms with Gasteiger partial charge in [-0.3, -0.25) is 0 Å². The van der Waals surface area contributed by atoms with Crippen LogP contribution in [0.1, 0.15) is 6.92 Å². The molecule has 0 unspecified atom stereocenters. The van der Waals surface area contributed by atoms with Gasteiger partial charge in [0, 0.05) is 0 Å². The summed E-state index contributed by atoms with van der Waals surface area (Å²) in [7, 11) is 0.750. The van der Waals surface area contributed by atoms with E-state index < -0.39 is 0 Å². The molecule has 0 aliphatic rings. The van der Waals surface area contributed by atoms with Crippen LogP contribution >= 0.6 is 0 Å². The van der Waals surface area contributed by atoms with Crippen molar-refractivity contribution in [3.8, 4) is 0 Å². The molecule has 0 radical (unpaired) electrons. The van der Waals surface area contributed by atoms with Crippen LogP contribution in [0.15, 0.2) is 0 Å². The Labute approximate surface area is 45.8 Å². The number of rotatable bonds is 0. The molecule has 0 spiro atoms. The molecule has 0 rings (SSSR count). The minimum Gasteiger partial charge on any atom is -0.857 e. The van der Waals surface area contributed by atoms with E-state index in [-0.39, 0.29) is 0 Å². The maximum absolute atomic E-state index is 8.25. The molecule has 1 nitrogen and oxygen atoms in total. The molecule has 0 aromatic heterocycles. The van der Waals surface area contributed by atoms with Crippen molar-refractivity contribution in [3.63, 3.8) is 0 Å². The first-order chi connectivity index (χ1) is 2.41. The minimum absolute atomic E-state index is 0.750. The Morgan fingerprint density at radius 1 is 1.60 bits per heavy atom. The fourth-order valence-electron chi connectivity index (χ4n) is 0. The van der Waals surface area contributed by atoms with Crippen LogP contribution in [0, 0.1) is 0 Å². The first kappa shape index (κ1) is 9.21. The van der Waals surface area contributed by atoms with Crippen molar-refractivity contribution in [2.45, 2.75) is 11.5 Å². The van der Waals surface area contributed by atoms with Crippen molar-refractivity contribution in [2.24, 2.45) is 0 Å². The molecule has 0 heterocycles. The Morgan fingerprint density at radius 2 is 1.60 bits per heavy atom. The largest absolute Gasteiger partial charge is 0.857 e. The summed E-state index contributed by atoms with van der Waals surface area (Å²) in [5, 5.41) is 8.25. The molecule has 0 saturated heterocycles. The van der Waals surface area contributed by atoms with Gasteiger partial charge in [0.2, 0.25) is 0 Å². The normalized spacial score (nSPS) is 5.00. The van der Waals surface area contributed by atoms with Crippen LogP contribution in [0.5, 0.6) is 0 Å². The van der Waals surface area contributed by atoms with Crippen molar-refractivity contribution < 1.29 is 5.11 Å². The third-order valence-electron chi connectivity index (χ3n) is 0. The monoisotopic (exact) mass is 84.0 g/mol. The molecule has 0 N–H and O–H groups in total. The molecule has 5 heavy (non-hydrogen) atoms. The van der Waals surface area contributed by atoms with Crippen LogP contribution in [-0.4, -0.2) is 28.8 Å². The van der Waals surface area contributed by atoms with Gasteiger partial charge in [0.15, 0.2) is 0 Å². The quantitative estimate of drug-likeness (QED) is 0.365. The van der Waals surface area contributed by atoms with E-state index in [0.717, 1.165) is 7.11 Å². The van der Waals surface area contributed by atoms with Gasteiger partial charge in [-0.25, -0.2) is 0 Å². The third kappa shape index (κ3) is 66.6. The van der Waals surface area contributed by atoms with Gasteiger partial charge in [0.25, 0.3) is 0 Å². The molecule has 0 amide bonds. The van der Waals surface area contributed by atoms with Gasteiger partial charge < -0.3 is 5.11 Å². The zero-order valence-electron chi connectivity index (χ0n) is 3.82. The molecule has 2 heteroatoms. The summed E-state index contributed by atoms with van der Waals surface area (Å²) < 4.78 is 1.28. The predicted molar refractivity (Wildman–Crippen MR) is 22.2 cm³/mol. The second kappa shape index (κ2) is 22.0. The summed E-state index contributed by atoms with van der Waals surface area (Å²) in [5.41, 5.74) is 0. The average molecular weight is 84.4 g/mol. The minimum atomic E-state index is 0.750. The fourth-order valence-corrected chi connectivity index (χ4v) is 0. The Bertz CT molecular complexity index is 6.85. The zero-order chi connectivity index (χ0) is 4.71. The summed E-state index contributed by atoms with van der Waals surface area (Å²) in [4.78, 5) is 0. The maximum Gasteiger partial charge on any atom is -0.153 e. The van der Waals surface area contributed by atoms with Crippen LogP contribution in [0.2, 0.25) is 4.55 Å². The Kier molecular flexibility index (Phi) is 40.6. The van der Waals surface area contributed by atoms with Crippen LogP contribution in [0.3, 0.4) is 0 Å². The molecular weight excluding hydrogens is 76.3 g/mol. The van der Waals surface area contributed by atoms with E-state index in [1.807, 2.05) is 21.7 Å². The Morgan fingerprint density at radius 3 is 1.60 bits per heavy atom. The third-order valence-corrected chi connectivity index (χ3v) is 0. The molecule has 0 atom stereocenters. The van der Waals surface area contributed by atoms with Gasteiger partial charge in [-0.15, -0.1) is 0 Å². The van der Waals surface area contributed by atoms with Gasteiger partial charge in [-0.05, 0) is 0 Å². The van der Waals surface area contributed by atoms with Crippen LogP contribution in [0.25, 0.3) is 0 Å². The van der Waals surface area contributed by atoms with Crippen molar-refractivity contribution in [1.29, 1.82) is 0 Å². The van der Waals surface area contributed by atoms with Gasteiger partial charge in [0.1, 0.15) is 0 Å². The Hall–Kier alpha value is 0.726. The van der Waals surface area contributed by atoms with E-state index in [1.165, 1.54) is 4.55 Å². The van der Waals surface area contributed by atoms with E-state index >= 15 is 0 Å². The number of hydrogen-bond acceptors (Lipinski definition) is 1. The second-order valence-electron chi connectivity index (χ2n) is 0.500. The van der Waals surface area contributed by atoms with Gasteiger partial charge in [-0.1, -0.05) is 0 Å². The predicted octanol–water partition coefficient (Wildman–Crippen LogP) is -0.430. The van der Waals surface area contributed by atoms with Crippen LogP contribution < -0.4 is 5.11 Å².